The van der Waals surface area contributed by atoms with Crippen LogP contribution < -0.4 is 14.8 Å². The van der Waals surface area contributed by atoms with Crippen LogP contribution in [0.2, 0.25) is 5.02 Å². The first kappa shape index (κ1) is 25.0. The Morgan fingerprint density at radius 2 is 1.91 bits per heavy atom. The Kier molecular flexibility index (Phi) is 8.60. The van der Waals surface area contributed by atoms with Gasteiger partial charge in [0.25, 0.3) is 0 Å². The Bertz CT molecular complexity index is 1130. The summed E-state index contributed by atoms with van der Waals surface area (Å²) in [6, 6.07) is 13.3. The third kappa shape index (κ3) is 6.52. The van der Waals surface area contributed by atoms with Crippen molar-refractivity contribution in [2.24, 2.45) is 5.92 Å². The van der Waals surface area contributed by atoms with Gasteiger partial charge in [-0.3, -0.25) is 9.69 Å². The SMILES string of the molecule is COc1ccc(-c2noc(CN3CCC(C(=O)NCCCc4ccccc4Cl)CC3)n2)cc1OC. The first-order valence-electron chi connectivity index (χ1n) is 11.9. The van der Waals surface area contributed by atoms with Crippen molar-refractivity contribution in [2.75, 3.05) is 33.9 Å². The van der Waals surface area contributed by atoms with Crippen molar-refractivity contribution in [1.82, 2.24) is 20.4 Å². The fourth-order valence-corrected chi connectivity index (χ4v) is 4.52. The average molecular weight is 499 g/mol. The van der Waals surface area contributed by atoms with Crippen LogP contribution in [0.15, 0.2) is 47.0 Å². The van der Waals surface area contributed by atoms with Crippen LogP contribution >= 0.6 is 11.6 Å². The monoisotopic (exact) mass is 498 g/mol. The number of aryl methyl sites for hydroxylation is 1. The number of rotatable bonds is 10. The minimum atomic E-state index is 0.0385. The molecule has 0 bridgehead atoms. The first-order valence-corrected chi connectivity index (χ1v) is 12.2. The van der Waals surface area contributed by atoms with Gasteiger partial charge in [-0.25, -0.2) is 0 Å². The first-order chi connectivity index (χ1) is 17.1. The highest BCUT2D eigenvalue weighted by molar-refractivity contribution is 6.31. The molecule has 1 amide bonds. The number of nitrogens with one attached hydrogen (secondary N) is 1. The maximum atomic E-state index is 12.6. The highest BCUT2D eigenvalue weighted by Crippen LogP contribution is 2.31. The Balaban J connectivity index is 1.21. The number of ether oxygens (including phenoxy) is 2. The Morgan fingerprint density at radius 1 is 1.14 bits per heavy atom. The van der Waals surface area contributed by atoms with Crippen molar-refractivity contribution in [3.05, 3.63) is 58.9 Å². The van der Waals surface area contributed by atoms with Gasteiger partial charge in [-0.1, -0.05) is 35.0 Å². The zero-order valence-electron chi connectivity index (χ0n) is 20.1. The summed E-state index contributed by atoms with van der Waals surface area (Å²) >= 11 is 6.20. The number of carbonyl (C=O) groups excluding carboxylic acids is 1. The number of nitrogens with zero attached hydrogens (tertiary/aromatic N) is 3. The van der Waals surface area contributed by atoms with E-state index in [4.69, 9.17) is 25.6 Å². The van der Waals surface area contributed by atoms with Gasteiger partial charge < -0.3 is 19.3 Å². The van der Waals surface area contributed by atoms with E-state index in [2.05, 4.69) is 20.4 Å². The van der Waals surface area contributed by atoms with Crippen LogP contribution in [0.1, 0.15) is 30.7 Å². The van der Waals surface area contributed by atoms with E-state index in [9.17, 15) is 4.79 Å². The molecule has 1 aromatic heterocycles. The zero-order chi connectivity index (χ0) is 24.6. The summed E-state index contributed by atoms with van der Waals surface area (Å²) < 4.78 is 16.1. The van der Waals surface area contributed by atoms with Crippen molar-refractivity contribution in [2.45, 2.75) is 32.2 Å². The third-order valence-electron chi connectivity index (χ3n) is 6.31. The maximum Gasteiger partial charge on any atom is 0.241 e. The molecule has 186 valence electrons. The number of benzene rings is 2. The van der Waals surface area contributed by atoms with E-state index in [1.54, 1.807) is 14.2 Å². The number of piperidine rings is 1. The molecule has 0 spiro atoms. The summed E-state index contributed by atoms with van der Waals surface area (Å²) in [5.41, 5.74) is 1.91. The van der Waals surface area contributed by atoms with E-state index in [-0.39, 0.29) is 11.8 Å². The summed E-state index contributed by atoms with van der Waals surface area (Å²) in [6.07, 6.45) is 3.35. The number of amides is 1. The molecule has 1 saturated heterocycles. The minimum absolute atomic E-state index is 0.0385. The van der Waals surface area contributed by atoms with Crippen LogP contribution in [0.5, 0.6) is 11.5 Å². The number of hydrogen-bond acceptors (Lipinski definition) is 7. The van der Waals surface area contributed by atoms with Crippen LogP contribution in [0.4, 0.5) is 0 Å². The maximum absolute atomic E-state index is 12.6. The normalized spacial score (nSPS) is 14.6. The number of hydrogen-bond donors (Lipinski definition) is 1. The molecule has 1 aliphatic heterocycles. The average Bonchev–Trinajstić information content (AvgIpc) is 3.36. The molecule has 8 nitrogen and oxygen atoms in total. The van der Waals surface area contributed by atoms with E-state index >= 15 is 0 Å². The highest BCUT2D eigenvalue weighted by Gasteiger charge is 2.26. The highest BCUT2D eigenvalue weighted by atomic mass is 35.5. The van der Waals surface area contributed by atoms with Gasteiger partial charge >= 0.3 is 0 Å². The number of halogens is 1. The molecular weight excluding hydrogens is 468 g/mol. The van der Waals surface area contributed by atoms with E-state index in [0.717, 1.165) is 54.9 Å². The molecule has 0 unspecified atom stereocenters. The molecule has 4 rings (SSSR count). The Morgan fingerprint density at radius 3 is 2.66 bits per heavy atom. The Hall–Kier alpha value is -3.10. The summed E-state index contributed by atoms with van der Waals surface area (Å²) in [7, 11) is 3.19. The van der Waals surface area contributed by atoms with Gasteiger partial charge in [0.1, 0.15) is 0 Å². The van der Waals surface area contributed by atoms with Crippen LogP contribution in [-0.2, 0) is 17.8 Å². The Labute approximate surface area is 210 Å². The molecule has 0 radical (unpaired) electrons. The second-order valence-corrected chi connectivity index (χ2v) is 9.03. The number of likely N-dealkylation sites (tertiary alicyclic amines) is 1. The number of carbonyl (C=O) groups is 1. The van der Waals surface area contributed by atoms with E-state index < -0.39 is 0 Å². The van der Waals surface area contributed by atoms with Gasteiger partial charge in [-0.2, -0.15) is 4.98 Å². The van der Waals surface area contributed by atoms with E-state index in [0.29, 0.717) is 36.3 Å². The predicted octanol–water partition coefficient (Wildman–Crippen LogP) is 4.37. The molecule has 2 heterocycles. The lowest BCUT2D eigenvalue weighted by Crippen LogP contribution is -2.40. The lowest BCUT2D eigenvalue weighted by molar-refractivity contribution is -0.126. The molecule has 0 atom stereocenters. The molecule has 1 aliphatic rings. The van der Waals surface area contributed by atoms with Gasteiger partial charge in [0, 0.05) is 23.0 Å². The minimum Gasteiger partial charge on any atom is -0.493 e. The predicted molar refractivity (Wildman–Crippen MR) is 134 cm³/mol. The van der Waals surface area contributed by atoms with Crippen LogP contribution in [0, 0.1) is 5.92 Å². The molecule has 1 fully saturated rings. The molecule has 9 heteroatoms. The fraction of sp³-hybridized carbons (Fsp3) is 0.423. The molecule has 0 saturated carbocycles. The molecule has 1 N–H and O–H groups in total. The quantitative estimate of drug-likeness (QED) is 0.415. The topological polar surface area (TPSA) is 89.7 Å². The summed E-state index contributed by atoms with van der Waals surface area (Å²) in [5, 5.41) is 7.98. The second-order valence-electron chi connectivity index (χ2n) is 8.62. The van der Waals surface area contributed by atoms with Crippen LogP contribution in [0.25, 0.3) is 11.4 Å². The molecule has 3 aromatic rings. The van der Waals surface area contributed by atoms with Gasteiger partial charge in [0.2, 0.25) is 17.6 Å². The van der Waals surface area contributed by atoms with Gasteiger partial charge in [-0.15, -0.1) is 0 Å². The molecule has 35 heavy (non-hydrogen) atoms. The molecule has 2 aromatic carbocycles. The van der Waals surface area contributed by atoms with Crippen molar-refractivity contribution in [1.29, 1.82) is 0 Å². The van der Waals surface area contributed by atoms with Crippen LogP contribution in [-0.4, -0.2) is 54.8 Å². The van der Waals surface area contributed by atoms with Crippen molar-refractivity contribution in [3.8, 4) is 22.9 Å². The standard InChI is InChI=1S/C26H31ClN4O4/c1-33-22-10-9-20(16-23(22)34-2)25-29-24(35-30-25)17-31-14-11-19(12-15-31)26(32)28-13-5-7-18-6-3-4-8-21(18)27/h3-4,6,8-10,16,19H,5,7,11-15,17H2,1-2H3,(H,28,32). The van der Waals surface area contributed by atoms with Crippen molar-refractivity contribution < 1.29 is 18.8 Å². The third-order valence-corrected chi connectivity index (χ3v) is 6.68. The molecular formula is C26H31ClN4O4. The largest absolute Gasteiger partial charge is 0.493 e. The zero-order valence-corrected chi connectivity index (χ0v) is 20.9. The van der Waals surface area contributed by atoms with Gasteiger partial charge in [0.15, 0.2) is 11.5 Å². The summed E-state index contributed by atoms with van der Waals surface area (Å²) in [5.74, 6) is 2.49. The number of methoxy groups -OCH3 is 2. The van der Waals surface area contributed by atoms with E-state index in [1.165, 1.54) is 0 Å². The summed E-state index contributed by atoms with van der Waals surface area (Å²) in [4.78, 5) is 19.4. The lowest BCUT2D eigenvalue weighted by Gasteiger charge is -2.30. The van der Waals surface area contributed by atoms with Crippen LogP contribution in [0.3, 0.4) is 0 Å². The van der Waals surface area contributed by atoms with Gasteiger partial charge in [0.05, 0.1) is 20.8 Å². The summed E-state index contributed by atoms with van der Waals surface area (Å²) in [6.45, 7) is 2.84. The second kappa shape index (κ2) is 12.0. The number of aromatic nitrogens is 2. The van der Waals surface area contributed by atoms with Crippen molar-refractivity contribution in [3.63, 3.8) is 0 Å². The lowest BCUT2D eigenvalue weighted by atomic mass is 9.96. The smallest absolute Gasteiger partial charge is 0.241 e. The fourth-order valence-electron chi connectivity index (χ4n) is 4.29. The van der Waals surface area contributed by atoms with E-state index in [1.807, 2.05) is 42.5 Å². The van der Waals surface area contributed by atoms with Crippen molar-refractivity contribution >= 4 is 17.5 Å². The van der Waals surface area contributed by atoms with Gasteiger partial charge in [-0.05, 0) is 68.6 Å². The molecule has 0 aliphatic carbocycles.